The van der Waals surface area contributed by atoms with Gasteiger partial charge in [-0.15, -0.1) is 0 Å². The molecular weight excluding hydrogens is 378 g/mol. The molecule has 172 valence electrons. The number of aryl methyl sites for hydroxylation is 1. The number of aromatic nitrogens is 1. The lowest BCUT2D eigenvalue weighted by molar-refractivity contribution is 0.304. The van der Waals surface area contributed by atoms with Crippen LogP contribution < -0.4 is 4.74 Å². The van der Waals surface area contributed by atoms with Crippen LogP contribution in [0.2, 0.25) is 0 Å². The monoisotopic (exact) mass is 423 g/mol. The predicted octanol–water partition coefficient (Wildman–Crippen LogP) is 9.17. The molecule has 2 heteroatoms. The van der Waals surface area contributed by atoms with Gasteiger partial charge in [-0.3, -0.25) is 4.98 Å². The maximum Gasteiger partial charge on any atom is 0.119 e. The third kappa shape index (κ3) is 11.4. The average Bonchev–Trinajstić information content (AvgIpc) is 2.81. The maximum absolute atomic E-state index is 5.90. The molecule has 0 aliphatic carbocycles. The highest BCUT2D eigenvalue weighted by Crippen LogP contribution is 2.22. The molecule has 0 amide bonds. The van der Waals surface area contributed by atoms with E-state index in [2.05, 4.69) is 50.2 Å². The quantitative estimate of drug-likeness (QED) is 0.223. The van der Waals surface area contributed by atoms with Crippen molar-refractivity contribution in [1.82, 2.24) is 4.98 Å². The Bertz CT molecular complexity index is 662. The Hall–Kier alpha value is -1.83. The maximum atomic E-state index is 5.90. The van der Waals surface area contributed by atoms with Crippen molar-refractivity contribution in [3.05, 3.63) is 48.3 Å². The van der Waals surface area contributed by atoms with Crippen LogP contribution in [0.3, 0.4) is 0 Å². The standard InChI is InChI=1S/C29H45NO/c1-3-5-7-9-11-12-13-15-17-28-21-18-27(25-30-28)26-19-22-29(23-20-26)31-24-16-14-10-8-6-4-2/h18-23,25H,3-17,24H2,1-2H3. The van der Waals surface area contributed by atoms with Gasteiger partial charge in [0.05, 0.1) is 6.61 Å². The highest BCUT2D eigenvalue weighted by molar-refractivity contribution is 5.63. The Morgan fingerprint density at radius 2 is 1.13 bits per heavy atom. The molecule has 2 aromatic rings. The van der Waals surface area contributed by atoms with Crippen molar-refractivity contribution >= 4 is 0 Å². The number of nitrogens with zero attached hydrogens (tertiary/aromatic N) is 1. The van der Waals surface area contributed by atoms with Crippen LogP contribution in [-0.4, -0.2) is 11.6 Å². The minimum absolute atomic E-state index is 0.820. The Kier molecular flexibility index (Phi) is 13.8. The summed E-state index contributed by atoms with van der Waals surface area (Å²) in [5, 5.41) is 0. The van der Waals surface area contributed by atoms with Crippen molar-refractivity contribution in [2.75, 3.05) is 6.61 Å². The summed E-state index contributed by atoms with van der Waals surface area (Å²) in [4.78, 5) is 4.70. The first kappa shape index (κ1) is 25.4. The fourth-order valence-electron chi connectivity index (χ4n) is 4.00. The summed E-state index contributed by atoms with van der Waals surface area (Å²) in [6.45, 7) is 5.36. The van der Waals surface area contributed by atoms with Gasteiger partial charge in [-0.1, -0.05) is 109 Å². The van der Waals surface area contributed by atoms with E-state index in [0.717, 1.165) is 25.2 Å². The molecule has 0 radical (unpaired) electrons. The van der Waals surface area contributed by atoms with Gasteiger partial charge in [0, 0.05) is 17.5 Å². The predicted molar refractivity (Wildman–Crippen MR) is 135 cm³/mol. The molecule has 0 spiro atoms. The van der Waals surface area contributed by atoms with Crippen molar-refractivity contribution < 1.29 is 4.74 Å². The van der Waals surface area contributed by atoms with E-state index in [4.69, 9.17) is 9.72 Å². The van der Waals surface area contributed by atoms with Crippen molar-refractivity contribution in [1.29, 1.82) is 0 Å². The van der Waals surface area contributed by atoms with Crippen molar-refractivity contribution in [2.24, 2.45) is 0 Å². The van der Waals surface area contributed by atoms with Crippen LogP contribution in [0.25, 0.3) is 11.1 Å². The van der Waals surface area contributed by atoms with Gasteiger partial charge in [-0.25, -0.2) is 0 Å². The molecule has 31 heavy (non-hydrogen) atoms. The molecule has 0 unspecified atom stereocenters. The molecule has 0 atom stereocenters. The number of pyridine rings is 1. The molecule has 0 saturated heterocycles. The Balaban J connectivity index is 1.63. The zero-order chi connectivity index (χ0) is 22.0. The summed E-state index contributed by atoms with van der Waals surface area (Å²) in [6, 6.07) is 12.9. The van der Waals surface area contributed by atoms with E-state index >= 15 is 0 Å². The summed E-state index contributed by atoms with van der Waals surface area (Å²) in [6.07, 6.45) is 21.8. The van der Waals surface area contributed by atoms with Crippen LogP contribution in [0.4, 0.5) is 0 Å². The number of hydrogen-bond acceptors (Lipinski definition) is 2. The highest BCUT2D eigenvalue weighted by atomic mass is 16.5. The number of benzene rings is 1. The number of ether oxygens (including phenoxy) is 1. The van der Waals surface area contributed by atoms with Gasteiger partial charge in [0.15, 0.2) is 0 Å². The van der Waals surface area contributed by atoms with Crippen LogP contribution in [0.5, 0.6) is 5.75 Å². The highest BCUT2D eigenvalue weighted by Gasteiger charge is 2.02. The minimum Gasteiger partial charge on any atom is -0.494 e. The molecule has 2 nitrogen and oxygen atoms in total. The van der Waals surface area contributed by atoms with Crippen LogP contribution in [0, 0.1) is 0 Å². The SMILES string of the molecule is CCCCCCCCCCc1ccc(-c2ccc(OCCCCCCCC)cc2)cn1. The molecule has 0 saturated carbocycles. The van der Waals surface area contributed by atoms with E-state index in [1.807, 2.05) is 6.20 Å². The Morgan fingerprint density at radius 1 is 0.581 bits per heavy atom. The summed E-state index contributed by atoms with van der Waals surface area (Å²) in [5.41, 5.74) is 3.61. The molecule has 0 aliphatic heterocycles. The molecule has 1 heterocycles. The third-order valence-corrected chi connectivity index (χ3v) is 6.07. The van der Waals surface area contributed by atoms with Crippen molar-refractivity contribution in [2.45, 2.75) is 110 Å². The van der Waals surface area contributed by atoms with Crippen LogP contribution in [0.1, 0.15) is 109 Å². The van der Waals surface area contributed by atoms with Crippen LogP contribution >= 0.6 is 0 Å². The Labute approximate surface area is 191 Å². The fourth-order valence-corrected chi connectivity index (χ4v) is 4.00. The molecule has 0 fully saturated rings. The molecule has 1 aromatic heterocycles. The molecule has 0 bridgehead atoms. The second kappa shape index (κ2) is 16.8. The van der Waals surface area contributed by atoms with Crippen molar-refractivity contribution in [3.8, 4) is 16.9 Å². The first-order chi connectivity index (χ1) is 15.3. The first-order valence-corrected chi connectivity index (χ1v) is 13.0. The van der Waals surface area contributed by atoms with Gasteiger partial charge in [0.1, 0.15) is 5.75 Å². The van der Waals surface area contributed by atoms with E-state index in [-0.39, 0.29) is 0 Å². The molecule has 1 aromatic carbocycles. The second-order valence-electron chi connectivity index (χ2n) is 8.90. The third-order valence-electron chi connectivity index (χ3n) is 6.07. The van der Waals surface area contributed by atoms with E-state index in [1.165, 1.54) is 100 Å². The summed E-state index contributed by atoms with van der Waals surface area (Å²) in [7, 11) is 0. The lowest BCUT2D eigenvalue weighted by Crippen LogP contribution is -1.97. The summed E-state index contributed by atoms with van der Waals surface area (Å²) < 4.78 is 5.90. The summed E-state index contributed by atoms with van der Waals surface area (Å²) >= 11 is 0. The first-order valence-electron chi connectivity index (χ1n) is 13.0. The average molecular weight is 424 g/mol. The lowest BCUT2D eigenvalue weighted by Gasteiger charge is -2.08. The minimum atomic E-state index is 0.820. The van der Waals surface area contributed by atoms with Gasteiger partial charge in [0.2, 0.25) is 0 Å². The molecular formula is C29H45NO. The number of rotatable bonds is 18. The van der Waals surface area contributed by atoms with E-state index < -0.39 is 0 Å². The zero-order valence-electron chi connectivity index (χ0n) is 20.2. The van der Waals surface area contributed by atoms with E-state index in [0.29, 0.717) is 0 Å². The smallest absolute Gasteiger partial charge is 0.119 e. The largest absolute Gasteiger partial charge is 0.494 e. The Morgan fingerprint density at radius 3 is 1.71 bits per heavy atom. The molecule has 0 aliphatic rings. The molecule has 2 rings (SSSR count). The number of hydrogen-bond donors (Lipinski definition) is 0. The van der Waals surface area contributed by atoms with Crippen molar-refractivity contribution in [3.63, 3.8) is 0 Å². The van der Waals surface area contributed by atoms with Gasteiger partial charge in [-0.05, 0) is 43.0 Å². The van der Waals surface area contributed by atoms with Gasteiger partial charge in [-0.2, -0.15) is 0 Å². The fraction of sp³-hybridized carbons (Fsp3) is 0.621. The lowest BCUT2D eigenvalue weighted by atomic mass is 10.0. The van der Waals surface area contributed by atoms with Crippen LogP contribution in [0.15, 0.2) is 42.6 Å². The normalized spacial score (nSPS) is 11.0. The van der Waals surface area contributed by atoms with E-state index in [1.54, 1.807) is 0 Å². The second-order valence-corrected chi connectivity index (χ2v) is 8.90. The summed E-state index contributed by atoms with van der Waals surface area (Å²) in [5.74, 6) is 0.969. The van der Waals surface area contributed by atoms with Gasteiger partial charge < -0.3 is 4.74 Å². The van der Waals surface area contributed by atoms with Gasteiger partial charge in [0.25, 0.3) is 0 Å². The van der Waals surface area contributed by atoms with E-state index in [9.17, 15) is 0 Å². The van der Waals surface area contributed by atoms with Gasteiger partial charge >= 0.3 is 0 Å². The zero-order valence-corrected chi connectivity index (χ0v) is 20.2. The topological polar surface area (TPSA) is 22.1 Å². The van der Waals surface area contributed by atoms with Crippen LogP contribution in [-0.2, 0) is 6.42 Å². The number of unbranched alkanes of at least 4 members (excludes halogenated alkanes) is 12. The molecule has 0 N–H and O–H groups in total.